The second kappa shape index (κ2) is 5.03. The molecule has 0 unspecified atom stereocenters. The van der Waals surface area contributed by atoms with Crippen LogP contribution in [0.5, 0.6) is 0 Å². The molecule has 2 N–H and O–H groups in total. The molecular formula is C15H12N2O5. The van der Waals surface area contributed by atoms with Crippen LogP contribution < -0.4 is 5.32 Å². The van der Waals surface area contributed by atoms with Gasteiger partial charge in [0, 0.05) is 11.1 Å². The van der Waals surface area contributed by atoms with Crippen LogP contribution >= 0.6 is 0 Å². The van der Waals surface area contributed by atoms with E-state index >= 15 is 0 Å². The summed E-state index contributed by atoms with van der Waals surface area (Å²) in [6.07, 6.45) is 0. The highest BCUT2D eigenvalue weighted by molar-refractivity contribution is 6.06. The Morgan fingerprint density at radius 1 is 1.23 bits per heavy atom. The summed E-state index contributed by atoms with van der Waals surface area (Å²) in [6.45, 7) is 3.34. The molecule has 7 heteroatoms. The number of hydrogen-bond donors (Lipinski definition) is 2. The van der Waals surface area contributed by atoms with E-state index in [0.717, 1.165) is 0 Å². The summed E-state index contributed by atoms with van der Waals surface area (Å²) in [5.74, 6) is -1.19. The molecule has 1 amide bonds. The molecule has 0 radical (unpaired) electrons. The van der Waals surface area contributed by atoms with Gasteiger partial charge in [-0.3, -0.25) is 4.79 Å². The largest absolute Gasteiger partial charge is 0.475 e. The van der Waals surface area contributed by atoms with Crippen LogP contribution in [0.4, 0.5) is 5.69 Å². The highest BCUT2D eigenvalue weighted by Crippen LogP contribution is 2.24. The van der Waals surface area contributed by atoms with Gasteiger partial charge in [-0.1, -0.05) is 5.16 Å². The molecule has 112 valence electrons. The van der Waals surface area contributed by atoms with Crippen molar-refractivity contribution in [3.05, 3.63) is 47.0 Å². The monoisotopic (exact) mass is 300 g/mol. The van der Waals surface area contributed by atoms with Crippen LogP contribution in [0, 0.1) is 13.8 Å². The van der Waals surface area contributed by atoms with Crippen LogP contribution in [-0.2, 0) is 0 Å². The summed E-state index contributed by atoms with van der Waals surface area (Å²) in [4.78, 5) is 23.1. The standard InChI is InChI=1S/C15H12N2O5/c1-7-13(8(2)22-17-7)14(18)16-10-3-4-11-9(5-10)6-12(21-11)15(19)20/h3-6H,1-2H3,(H,16,18)(H,19,20). The summed E-state index contributed by atoms with van der Waals surface area (Å²) in [5, 5.41) is 16.0. The van der Waals surface area contributed by atoms with Crippen molar-refractivity contribution in [3.63, 3.8) is 0 Å². The maximum absolute atomic E-state index is 12.2. The van der Waals surface area contributed by atoms with Crippen molar-refractivity contribution in [1.82, 2.24) is 5.16 Å². The second-order valence-corrected chi connectivity index (χ2v) is 4.82. The predicted octanol–water partition coefficient (Wildman–Crippen LogP) is 2.99. The minimum atomic E-state index is -1.14. The van der Waals surface area contributed by atoms with Crippen LogP contribution in [0.25, 0.3) is 11.0 Å². The molecule has 22 heavy (non-hydrogen) atoms. The number of carboxylic acid groups (broad SMARTS) is 1. The molecule has 2 heterocycles. The van der Waals surface area contributed by atoms with Gasteiger partial charge in [0.15, 0.2) is 0 Å². The molecule has 1 aromatic carbocycles. The Kier molecular flexibility index (Phi) is 3.17. The van der Waals surface area contributed by atoms with E-state index in [-0.39, 0.29) is 11.7 Å². The average Bonchev–Trinajstić information content (AvgIpc) is 3.02. The Morgan fingerprint density at radius 2 is 2.00 bits per heavy atom. The van der Waals surface area contributed by atoms with Crippen molar-refractivity contribution in [2.75, 3.05) is 5.32 Å². The van der Waals surface area contributed by atoms with Gasteiger partial charge in [0.25, 0.3) is 5.91 Å². The Morgan fingerprint density at radius 3 is 2.64 bits per heavy atom. The quantitative estimate of drug-likeness (QED) is 0.770. The minimum Gasteiger partial charge on any atom is -0.475 e. The molecule has 3 aromatic rings. The predicted molar refractivity (Wildman–Crippen MR) is 77.1 cm³/mol. The number of aryl methyl sites for hydroxylation is 2. The molecule has 0 aliphatic carbocycles. The topological polar surface area (TPSA) is 106 Å². The average molecular weight is 300 g/mol. The maximum atomic E-state index is 12.2. The lowest BCUT2D eigenvalue weighted by Crippen LogP contribution is -2.13. The molecule has 0 saturated carbocycles. The summed E-state index contributed by atoms with van der Waals surface area (Å²) < 4.78 is 10.1. The van der Waals surface area contributed by atoms with Crippen molar-refractivity contribution in [2.45, 2.75) is 13.8 Å². The number of nitrogens with one attached hydrogen (secondary N) is 1. The fourth-order valence-corrected chi connectivity index (χ4v) is 2.23. The van der Waals surface area contributed by atoms with Gasteiger partial charge in [-0.25, -0.2) is 4.79 Å². The van der Waals surface area contributed by atoms with Gasteiger partial charge in [-0.2, -0.15) is 0 Å². The fourth-order valence-electron chi connectivity index (χ4n) is 2.23. The fraction of sp³-hybridized carbons (Fsp3) is 0.133. The van der Waals surface area contributed by atoms with Crippen molar-refractivity contribution >= 4 is 28.5 Å². The number of carbonyl (C=O) groups excluding carboxylic acids is 1. The number of fused-ring (bicyclic) bond motifs is 1. The number of aromatic nitrogens is 1. The van der Waals surface area contributed by atoms with Crippen LogP contribution in [-0.4, -0.2) is 22.1 Å². The first-order chi connectivity index (χ1) is 10.5. The van der Waals surface area contributed by atoms with E-state index in [4.69, 9.17) is 14.0 Å². The Labute approximate surface area is 124 Å². The zero-order valence-electron chi connectivity index (χ0n) is 11.8. The molecular weight excluding hydrogens is 288 g/mol. The van der Waals surface area contributed by atoms with Crippen molar-refractivity contribution in [3.8, 4) is 0 Å². The van der Waals surface area contributed by atoms with Crippen LogP contribution in [0.1, 0.15) is 32.4 Å². The minimum absolute atomic E-state index is 0.149. The van der Waals surface area contributed by atoms with Gasteiger partial charge in [0.05, 0.1) is 5.69 Å². The van der Waals surface area contributed by atoms with Crippen molar-refractivity contribution in [2.24, 2.45) is 0 Å². The van der Waals surface area contributed by atoms with Gasteiger partial charge in [-0.15, -0.1) is 0 Å². The van der Waals surface area contributed by atoms with Crippen molar-refractivity contribution < 1.29 is 23.6 Å². The van der Waals surface area contributed by atoms with Crippen LogP contribution in [0.15, 0.2) is 33.2 Å². The van der Waals surface area contributed by atoms with Gasteiger partial charge in [0.1, 0.15) is 16.9 Å². The molecule has 3 rings (SSSR count). The lowest BCUT2D eigenvalue weighted by Gasteiger charge is -2.04. The molecule has 0 bridgehead atoms. The normalized spacial score (nSPS) is 10.8. The molecule has 0 fully saturated rings. The molecule has 0 aliphatic heterocycles. The lowest BCUT2D eigenvalue weighted by molar-refractivity contribution is 0.0665. The van der Waals surface area contributed by atoms with E-state index in [1.807, 2.05) is 0 Å². The summed E-state index contributed by atoms with van der Waals surface area (Å²) >= 11 is 0. The zero-order valence-corrected chi connectivity index (χ0v) is 11.8. The number of carbonyl (C=O) groups is 2. The van der Waals surface area contributed by atoms with Gasteiger partial charge in [0.2, 0.25) is 5.76 Å². The van der Waals surface area contributed by atoms with E-state index < -0.39 is 5.97 Å². The number of nitrogens with zero attached hydrogens (tertiary/aromatic N) is 1. The van der Waals surface area contributed by atoms with E-state index in [9.17, 15) is 9.59 Å². The Bertz CT molecular complexity index is 871. The first-order valence-electron chi connectivity index (χ1n) is 6.47. The van der Waals surface area contributed by atoms with Crippen LogP contribution in [0.2, 0.25) is 0 Å². The third kappa shape index (κ3) is 2.32. The smallest absolute Gasteiger partial charge is 0.371 e. The SMILES string of the molecule is Cc1noc(C)c1C(=O)Nc1ccc2oc(C(=O)O)cc2c1. The Hall–Kier alpha value is -3.09. The Balaban J connectivity index is 1.91. The maximum Gasteiger partial charge on any atom is 0.371 e. The highest BCUT2D eigenvalue weighted by atomic mass is 16.5. The first kappa shape index (κ1) is 13.9. The van der Waals surface area contributed by atoms with Gasteiger partial charge in [-0.05, 0) is 38.1 Å². The number of hydrogen-bond acceptors (Lipinski definition) is 5. The summed E-state index contributed by atoms with van der Waals surface area (Å²) in [5.41, 5.74) is 1.86. The number of rotatable bonds is 3. The second-order valence-electron chi connectivity index (χ2n) is 4.82. The summed E-state index contributed by atoms with van der Waals surface area (Å²) in [6, 6.07) is 6.28. The molecule has 0 aliphatic rings. The number of aromatic carboxylic acids is 1. The van der Waals surface area contributed by atoms with Gasteiger partial charge < -0.3 is 19.4 Å². The van der Waals surface area contributed by atoms with Crippen LogP contribution in [0.3, 0.4) is 0 Å². The van der Waals surface area contributed by atoms with E-state index in [2.05, 4.69) is 10.5 Å². The van der Waals surface area contributed by atoms with E-state index in [0.29, 0.717) is 33.7 Å². The first-order valence-corrected chi connectivity index (χ1v) is 6.47. The third-order valence-electron chi connectivity index (χ3n) is 3.25. The molecule has 0 spiro atoms. The molecule has 0 atom stereocenters. The van der Waals surface area contributed by atoms with Crippen molar-refractivity contribution in [1.29, 1.82) is 0 Å². The van der Waals surface area contributed by atoms with Gasteiger partial charge >= 0.3 is 5.97 Å². The molecule has 2 aromatic heterocycles. The molecule has 7 nitrogen and oxygen atoms in total. The summed E-state index contributed by atoms with van der Waals surface area (Å²) in [7, 11) is 0. The number of benzene rings is 1. The number of amides is 1. The third-order valence-corrected chi connectivity index (χ3v) is 3.25. The number of furan rings is 1. The highest BCUT2D eigenvalue weighted by Gasteiger charge is 2.18. The zero-order chi connectivity index (χ0) is 15.9. The van der Waals surface area contributed by atoms with E-state index in [1.54, 1.807) is 32.0 Å². The van der Waals surface area contributed by atoms with E-state index in [1.165, 1.54) is 6.07 Å². The molecule has 0 saturated heterocycles. The number of anilines is 1. The lowest BCUT2D eigenvalue weighted by atomic mass is 10.1. The number of carboxylic acids is 1.